The molecular weight excluding hydrogens is 324 g/mol. The van der Waals surface area contributed by atoms with Gasteiger partial charge in [-0.1, -0.05) is 0 Å². The fourth-order valence-corrected chi connectivity index (χ4v) is 2.62. The van der Waals surface area contributed by atoms with Crippen molar-refractivity contribution in [2.45, 2.75) is 13.1 Å². The molecule has 1 amide bonds. The number of carbonyl (C=O) groups excluding carboxylic acids is 1. The molecule has 1 aromatic carbocycles. The molecule has 0 saturated carbocycles. The summed E-state index contributed by atoms with van der Waals surface area (Å²) in [6, 6.07) is 5.37. The summed E-state index contributed by atoms with van der Waals surface area (Å²) in [6.45, 7) is 1.84. The van der Waals surface area contributed by atoms with Crippen molar-refractivity contribution in [3.05, 3.63) is 40.4 Å². The summed E-state index contributed by atoms with van der Waals surface area (Å²) in [5, 5.41) is 7.88. The number of benzene rings is 1. The summed E-state index contributed by atoms with van der Waals surface area (Å²) in [5.74, 6) is 1.44. The average molecular weight is 337 g/mol. The number of amides is 1. The summed E-state index contributed by atoms with van der Waals surface area (Å²) in [7, 11) is 1.58. The van der Waals surface area contributed by atoms with E-state index in [1.807, 2.05) is 16.7 Å². The molecule has 0 unspecified atom stereocenters. The van der Waals surface area contributed by atoms with Gasteiger partial charge in [-0.05, 0) is 34.1 Å². The predicted octanol–water partition coefficient (Wildman–Crippen LogP) is 1.71. The van der Waals surface area contributed by atoms with Crippen LogP contribution in [0.3, 0.4) is 0 Å². The zero-order chi connectivity index (χ0) is 14.1. The SMILES string of the molecule is COc1ccc(Br)c(C(=O)N2CCn3cnnc3C2)c1. The molecule has 7 heteroatoms. The van der Waals surface area contributed by atoms with E-state index in [4.69, 9.17) is 4.74 Å². The van der Waals surface area contributed by atoms with Gasteiger partial charge in [-0.3, -0.25) is 4.79 Å². The van der Waals surface area contributed by atoms with Gasteiger partial charge in [0.2, 0.25) is 0 Å². The second-order valence-corrected chi connectivity index (χ2v) is 5.37. The summed E-state index contributed by atoms with van der Waals surface area (Å²) < 4.78 is 7.90. The zero-order valence-corrected chi connectivity index (χ0v) is 12.5. The minimum Gasteiger partial charge on any atom is -0.497 e. The molecular formula is C13H13BrN4O2. The predicted molar refractivity (Wildman–Crippen MR) is 75.5 cm³/mol. The minimum absolute atomic E-state index is 0.0370. The summed E-state index contributed by atoms with van der Waals surface area (Å²) >= 11 is 3.41. The van der Waals surface area contributed by atoms with Crippen LogP contribution >= 0.6 is 15.9 Å². The first-order chi connectivity index (χ1) is 9.69. The standard InChI is InChI=1S/C13H13BrN4O2/c1-20-9-2-3-11(14)10(6-9)13(19)17-4-5-18-8-15-16-12(18)7-17/h2-3,6,8H,4-5,7H2,1H3. The molecule has 2 heterocycles. The van der Waals surface area contributed by atoms with Crippen LogP contribution in [0.4, 0.5) is 0 Å². The highest BCUT2D eigenvalue weighted by Gasteiger charge is 2.24. The lowest BCUT2D eigenvalue weighted by molar-refractivity contribution is 0.0706. The zero-order valence-electron chi connectivity index (χ0n) is 10.9. The molecule has 0 aliphatic carbocycles. The van der Waals surface area contributed by atoms with Gasteiger partial charge in [0.05, 0.1) is 19.2 Å². The Morgan fingerprint density at radius 1 is 1.40 bits per heavy atom. The normalized spacial score (nSPS) is 14.0. The van der Waals surface area contributed by atoms with E-state index in [0.29, 0.717) is 24.4 Å². The second kappa shape index (κ2) is 5.24. The van der Waals surface area contributed by atoms with Crippen molar-refractivity contribution in [1.29, 1.82) is 0 Å². The Hall–Kier alpha value is -1.89. The van der Waals surface area contributed by atoms with Crippen molar-refractivity contribution in [3.63, 3.8) is 0 Å². The molecule has 0 spiro atoms. The number of ether oxygens (including phenoxy) is 1. The maximum Gasteiger partial charge on any atom is 0.255 e. The van der Waals surface area contributed by atoms with E-state index in [9.17, 15) is 4.79 Å². The number of rotatable bonds is 2. The van der Waals surface area contributed by atoms with Gasteiger partial charge in [0.1, 0.15) is 12.1 Å². The Morgan fingerprint density at radius 3 is 3.05 bits per heavy atom. The molecule has 0 radical (unpaired) electrons. The number of halogens is 1. The Kier molecular flexibility index (Phi) is 3.43. The van der Waals surface area contributed by atoms with Gasteiger partial charge in [0, 0.05) is 17.6 Å². The Bertz CT molecular complexity index is 656. The van der Waals surface area contributed by atoms with E-state index >= 15 is 0 Å². The van der Waals surface area contributed by atoms with E-state index in [1.165, 1.54) is 0 Å². The van der Waals surface area contributed by atoms with E-state index in [-0.39, 0.29) is 5.91 Å². The first-order valence-electron chi connectivity index (χ1n) is 6.18. The summed E-state index contributed by atoms with van der Waals surface area (Å²) in [6.07, 6.45) is 1.69. The van der Waals surface area contributed by atoms with Crippen LogP contribution in [0.1, 0.15) is 16.2 Å². The van der Waals surface area contributed by atoms with Crippen LogP contribution in [0.2, 0.25) is 0 Å². The van der Waals surface area contributed by atoms with Crippen LogP contribution in [-0.2, 0) is 13.1 Å². The van der Waals surface area contributed by atoms with Gasteiger partial charge in [0.15, 0.2) is 5.82 Å². The topological polar surface area (TPSA) is 60.2 Å². The molecule has 20 heavy (non-hydrogen) atoms. The molecule has 0 N–H and O–H groups in total. The van der Waals surface area contributed by atoms with E-state index in [2.05, 4.69) is 26.1 Å². The van der Waals surface area contributed by atoms with Crippen molar-refractivity contribution in [3.8, 4) is 5.75 Å². The Labute approximate surface area is 124 Å². The average Bonchev–Trinajstić information content (AvgIpc) is 2.94. The molecule has 3 rings (SSSR count). The van der Waals surface area contributed by atoms with Gasteiger partial charge >= 0.3 is 0 Å². The Morgan fingerprint density at radius 2 is 2.25 bits per heavy atom. The number of nitrogens with zero attached hydrogens (tertiary/aromatic N) is 4. The first kappa shape index (κ1) is 13.1. The molecule has 0 fully saturated rings. The molecule has 6 nitrogen and oxygen atoms in total. The lowest BCUT2D eigenvalue weighted by Crippen LogP contribution is -2.38. The maximum atomic E-state index is 12.6. The third-order valence-corrected chi connectivity index (χ3v) is 4.02. The van der Waals surface area contributed by atoms with Crippen LogP contribution in [0, 0.1) is 0 Å². The molecule has 1 aromatic heterocycles. The highest BCUT2D eigenvalue weighted by molar-refractivity contribution is 9.10. The van der Waals surface area contributed by atoms with Crippen molar-refractivity contribution in [1.82, 2.24) is 19.7 Å². The van der Waals surface area contributed by atoms with Crippen molar-refractivity contribution in [2.75, 3.05) is 13.7 Å². The number of hydrogen-bond donors (Lipinski definition) is 0. The third-order valence-electron chi connectivity index (χ3n) is 3.33. The van der Waals surface area contributed by atoms with Crippen LogP contribution in [0.5, 0.6) is 5.75 Å². The van der Waals surface area contributed by atoms with Gasteiger partial charge in [-0.25, -0.2) is 0 Å². The first-order valence-corrected chi connectivity index (χ1v) is 6.98. The van der Waals surface area contributed by atoms with Crippen LogP contribution in [0.25, 0.3) is 0 Å². The van der Waals surface area contributed by atoms with Gasteiger partial charge in [-0.15, -0.1) is 10.2 Å². The van der Waals surface area contributed by atoms with Crippen LogP contribution in [-0.4, -0.2) is 39.2 Å². The molecule has 1 aliphatic heterocycles. The molecule has 0 atom stereocenters. The van der Waals surface area contributed by atoms with E-state index < -0.39 is 0 Å². The lowest BCUT2D eigenvalue weighted by Gasteiger charge is -2.27. The quantitative estimate of drug-likeness (QED) is 0.837. The highest BCUT2D eigenvalue weighted by atomic mass is 79.9. The van der Waals surface area contributed by atoms with Gasteiger partial charge in [-0.2, -0.15) is 0 Å². The largest absolute Gasteiger partial charge is 0.497 e. The summed E-state index contributed by atoms with van der Waals surface area (Å²) in [4.78, 5) is 14.4. The van der Waals surface area contributed by atoms with E-state index in [1.54, 1.807) is 24.4 Å². The summed E-state index contributed by atoms with van der Waals surface area (Å²) in [5.41, 5.74) is 0.595. The van der Waals surface area contributed by atoms with Crippen molar-refractivity contribution >= 4 is 21.8 Å². The lowest BCUT2D eigenvalue weighted by atomic mass is 10.1. The molecule has 104 valence electrons. The number of fused-ring (bicyclic) bond motifs is 1. The van der Waals surface area contributed by atoms with Crippen LogP contribution < -0.4 is 4.74 Å². The number of aromatic nitrogens is 3. The van der Waals surface area contributed by atoms with E-state index in [0.717, 1.165) is 16.8 Å². The molecule has 0 saturated heterocycles. The van der Waals surface area contributed by atoms with Gasteiger partial charge in [0.25, 0.3) is 5.91 Å². The Balaban J connectivity index is 1.87. The number of hydrogen-bond acceptors (Lipinski definition) is 4. The van der Waals surface area contributed by atoms with Gasteiger partial charge < -0.3 is 14.2 Å². The fraction of sp³-hybridized carbons (Fsp3) is 0.308. The maximum absolute atomic E-state index is 12.6. The van der Waals surface area contributed by atoms with Crippen LogP contribution in [0.15, 0.2) is 29.0 Å². The third kappa shape index (κ3) is 2.29. The van der Waals surface area contributed by atoms with Crippen molar-refractivity contribution < 1.29 is 9.53 Å². The fourth-order valence-electron chi connectivity index (χ4n) is 2.21. The minimum atomic E-state index is -0.0370. The molecule has 1 aliphatic rings. The molecule has 0 bridgehead atoms. The molecule has 2 aromatic rings. The highest BCUT2D eigenvalue weighted by Crippen LogP contribution is 2.25. The number of methoxy groups -OCH3 is 1. The van der Waals surface area contributed by atoms with Crippen molar-refractivity contribution in [2.24, 2.45) is 0 Å². The number of carbonyl (C=O) groups is 1. The monoisotopic (exact) mass is 336 g/mol. The smallest absolute Gasteiger partial charge is 0.255 e. The second-order valence-electron chi connectivity index (χ2n) is 4.51.